The molecule has 0 aliphatic heterocycles. The van der Waals surface area contributed by atoms with E-state index in [9.17, 15) is 9.59 Å². The van der Waals surface area contributed by atoms with Crippen molar-refractivity contribution < 1.29 is 24.0 Å². The van der Waals surface area contributed by atoms with E-state index in [1.165, 1.54) is 0 Å². The number of nitrogens with one attached hydrogen (secondary N) is 1. The summed E-state index contributed by atoms with van der Waals surface area (Å²) in [6, 6.07) is 5.47. The number of aromatic nitrogens is 2. The number of benzene rings is 1. The van der Waals surface area contributed by atoms with Crippen molar-refractivity contribution in [2.45, 2.75) is 39.3 Å². The highest BCUT2D eigenvalue weighted by Gasteiger charge is 2.18. The highest BCUT2D eigenvalue weighted by atomic mass is 16.5. The Kier molecular flexibility index (Phi) is 5.89. The van der Waals surface area contributed by atoms with Crippen LogP contribution < -0.4 is 10.1 Å². The molecule has 0 spiro atoms. The Balaban J connectivity index is 1.92. The molecule has 0 aliphatic rings. The predicted octanol–water partition coefficient (Wildman–Crippen LogP) is 1.80. The van der Waals surface area contributed by atoms with Crippen LogP contribution in [-0.2, 0) is 17.8 Å². The SMILES string of the molecule is CCc1nc(COc2ccc(C(=O)NC(CC)C(=O)O)cc2)no1. The zero-order chi connectivity index (χ0) is 17.5. The van der Waals surface area contributed by atoms with Crippen LogP contribution in [0.25, 0.3) is 0 Å². The van der Waals surface area contributed by atoms with Gasteiger partial charge in [0, 0.05) is 12.0 Å². The summed E-state index contributed by atoms with van der Waals surface area (Å²) in [5.74, 6) is 0.0315. The van der Waals surface area contributed by atoms with Crippen molar-refractivity contribution in [3.05, 3.63) is 41.5 Å². The Morgan fingerprint density at radius 1 is 1.29 bits per heavy atom. The lowest BCUT2D eigenvalue weighted by Crippen LogP contribution is -2.40. The van der Waals surface area contributed by atoms with Crippen molar-refractivity contribution in [1.82, 2.24) is 15.5 Å². The van der Waals surface area contributed by atoms with Crippen LogP contribution in [0.2, 0.25) is 0 Å². The molecule has 1 aromatic carbocycles. The molecule has 0 saturated heterocycles. The number of aliphatic carboxylic acids is 1. The molecule has 0 fully saturated rings. The first-order valence-electron chi connectivity index (χ1n) is 7.61. The smallest absolute Gasteiger partial charge is 0.326 e. The molecule has 0 radical (unpaired) electrons. The highest BCUT2D eigenvalue weighted by Crippen LogP contribution is 2.14. The molecule has 1 atom stereocenters. The normalized spacial score (nSPS) is 11.8. The highest BCUT2D eigenvalue weighted by molar-refractivity contribution is 5.96. The van der Waals surface area contributed by atoms with Crippen LogP contribution in [-0.4, -0.2) is 33.2 Å². The van der Waals surface area contributed by atoms with Gasteiger partial charge in [-0.1, -0.05) is 19.0 Å². The Morgan fingerprint density at radius 3 is 2.54 bits per heavy atom. The fraction of sp³-hybridized carbons (Fsp3) is 0.375. The van der Waals surface area contributed by atoms with Gasteiger partial charge in [-0.25, -0.2) is 4.79 Å². The molecule has 128 valence electrons. The number of carbonyl (C=O) groups is 2. The van der Waals surface area contributed by atoms with Gasteiger partial charge in [-0.2, -0.15) is 4.98 Å². The van der Waals surface area contributed by atoms with Crippen LogP contribution >= 0.6 is 0 Å². The van der Waals surface area contributed by atoms with Gasteiger partial charge in [-0.3, -0.25) is 4.79 Å². The number of ether oxygens (including phenoxy) is 1. The third-order valence-corrected chi connectivity index (χ3v) is 3.31. The molecule has 8 nitrogen and oxygen atoms in total. The molecule has 8 heteroatoms. The van der Waals surface area contributed by atoms with Crippen molar-refractivity contribution in [2.24, 2.45) is 0 Å². The quantitative estimate of drug-likeness (QED) is 0.757. The molecule has 1 amide bonds. The minimum atomic E-state index is -1.06. The van der Waals surface area contributed by atoms with Gasteiger partial charge in [0.1, 0.15) is 11.8 Å². The molecule has 0 saturated carbocycles. The number of carboxylic acid groups (broad SMARTS) is 1. The topological polar surface area (TPSA) is 115 Å². The van der Waals surface area contributed by atoms with Crippen LogP contribution in [0.1, 0.15) is 42.3 Å². The number of amides is 1. The van der Waals surface area contributed by atoms with Gasteiger partial charge in [0.25, 0.3) is 5.91 Å². The van der Waals surface area contributed by atoms with Gasteiger partial charge in [0.05, 0.1) is 0 Å². The van der Waals surface area contributed by atoms with Crippen molar-refractivity contribution >= 4 is 11.9 Å². The molecule has 1 heterocycles. The summed E-state index contributed by atoms with van der Waals surface area (Å²) in [6.45, 7) is 3.76. The van der Waals surface area contributed by atoms with E-state index in [-0.39, 0.29) is 6.61 Å². The van der Waals surface area contributed by atoms with E-state index in [0.717, 1.165) is 0 Å². The first kappa shape index (κ1) is 17.5. The number of carbonyl (C=O) groups excluding carboxylic acids is 1. The molecular formula is C16H19N3O5. The second-order valence-electron chi connectivity index (χ2n) is 5.04. The van der Waals surface area contributed by atoms with Gasteiger partial charge in [0.15, 0.2) is 6.61 Å². The minimum Gasteiger partial charge on any atom is -0.485 e. The van der Waals surface area contributed by atoms with E-state index in [1.807, 2.05) is 6.92 Å². The number of aryl methyl sites for hydroxylation is 1. The average molecular weight is 333 g/mol. The second kappa shape index (κ2) is 8.09. The van der Waals surface area contributed by atoms with E-state index in [2.05, 4.69) is 15.5 Å². The van der Waals surface area contributed by atoms with Gasteiger partial charge < -0.3 is 19.7 Å². The Hall–Kier alpha value is -2.90. The van der Waals surface area contributed by atoms with Crippen LogP contribution in [0.15, 0.2) is 28.8 Å². The maximum atomic E-state index is 12.0. The first-order chi connectivity index (χ1) is 11.5. The van der Waals surface area contributed by atoms with E-state index in [1.54, 1.807) is 31.2 Å². The van der Waals surface area contributed by atoms with E-state index >= 15 is 0 Å². The van der Waals surface area contributed by atoms with Crippen molar-refractivity contribution in [3.8, 4) is 5.75 Å². The Morgan fingerprint density at radius 2 is 2.00 bits per heavy atom. The summed E-state index contributed by atoms with van der Waals surface area (Å²) in [5.41, 5.74) is 0.356. The molecule has 0 aliphatic carbocycles. The molecule has 2 rings (SSSR count). The summed E-state index contributed by atoms with van der Waals surface area (Å²) < 4.78 is 10.5. The zero-order valence-electron chi connectivity index (χ0n) is 13.5. The number of carboxylic acids is 1. The molecule has 2 N–H and O–H groups in total. The average Bonchev–Trinajstić information content (AvgIpc) is 3.06. The summed E-state index contributed by atoms with van der Waals surface area (Å²) in [5, 5.41) is 15.2. The maximum Gasteiger partial charge on any atom is 0.326 e. The third-order valence-electron chi connectivity index (χ3n) is 3.31. The number of nitrogens with zero attached hydrogens (tertiary/aromatic N) is 2. The standard InChI is InChI=1S/C16H19N3O5/c1-3-12(16(21)22)17-15(20)10-5-7-11(8-6-10)23-9-13-18-14(4-2)24-19-13/h5-8,12H,3-4,9H2,1-2H3,(H,17,20)(H,21,22). The molecule has 1 aromatic heterocycles. The van der Waals surface area contributed by atoms with Crippen LogP contribution in [0.5, 0.6) is 5.75 Å². The first-order valence-corrected chi connectivity index (χ1v) is 7.61. The summed E-state index contributed by atoms with van der Waals surface area (Å²) >= 11 is 0. The maximum absolute atomic E-state index is 12.0. The third kappa shape index (κ3) is 4.55. The van der Waals surface area contributed by atoms with Crippen LogP contribution in [0.3, 0.4) is 0 Å². The molecule has 0 bridgehead atoms. The minimum absolute atomic E-state index is 0.159. The lowest BCUT2D eigenvalue weighted by Gasteiger charge is -2.12. The summed E-state index contributed by atoms with van der Waals surface area (Å²) in [4.78, 5) is 27.1. The van der Waals surface area contributed by atoms with Crippen LogP contribution in [0.4, 0.5) is 0 Å². The summed E-state index contributed by atoms with van der Waals surface area (Å²) in [6.07, 6.45) is 0.971. The van der Waals surface area contributed by atoms with Gasteiger partial charge in [-0.15, -0.1) is 0 Å². The Bertz CT molecular complexity index is 696. The molecule has 1 unspecified atom stereocenters. The largest absolute Gasteiger partial charge is 0.485 e. The van der Waals surface area contributed by atoms with E-state index in [4.69, 9.17) is 14.4 Å². The van der Waals surface area contributed by atoms with Crippen molar-refractivity contribution in [2.75, 3.05) is 0 Å². The zero-order valence-corrected chi connectivity index (χ0v) is 13.5. The monoisotopic (exact) mass is 333 g/mol. The van der Waals surface area contributed by atoms with Gasteiger partial charge >= 0.3 is 5.97 Å². The Labute approximate surface area is 138 Å². The molecule has 2 aromatic rings. The van der Waals surface area contributed by atoms with Gasteiger partial charge in [-0.05, 0) is 30.7 Å². The molecule has 24 heavy (non-hydrogen) atoms. The van der Waals surface area contributed by atoms with Crippen LogP contribution in [0, 0.1) is 0 Å². The van der Waals surface area contributed by atoms with Crippen molar-refractivity contribution in [1.29, 1.82) is 0 Å². The summed E-state index contributed by atoms with van der Waals surface area (Å²) in [7, 11) is 0. The number of hydrogen-bond acceptors (Lipinski definition) is 6. The lowest BCUT2D eigenvalue weighted by molar-refractivity contribution is -0.139. The predicted molar refractivity (Wildman–Crippen MR) is 83.6 cm³/mol. The number of rotatable bonds is 8. The molecular weight excluding hydrogens is 314 g/mol. The van der Waals surface area contributed by atoms with E-state index < -0.39 is 17.9 Å². The second-order valence-corrected chi connectivity index (χ2v) is 5.04. The lowest BCUT2D eigenvalue weighted by atomic mass is 10.1. The van der Waals surface area contributed by atoms with Crippen molar-refractivity contribution in [3.63, 3.8) is 0 Å². The van der Waals surface area contributed by atoms with Gasteiger partial charge in [0.2, 0.25) is 11.7 Å². The number of hydrogen-bond donors (Lipinski definition) is 2. The fourth-order valence-corrected chi connectivity index (χ4v) is 1.92. The fourth-order valence-electron chi connectivity index (χ4n) is 1.92. The van der Waals surface area contributed by atoms with E-state index in [0.29, 0.717) is 35.9 Å².